The van der Waals surface area contributed by atoms with Crippen molar-refractivity contribution in [3.63, 3.8) is 0 Å². The Bertz CT molecular complexity index is 1000. The Balaban J connectivity index is 1.66. The van der Waals surface area contributed by atoms with Crippen LogP contribution in [0.25, 0.3) is 10.9 Å². The van der Waals surface area contributed by atoms with Gasteiger partial charge in [-0.25, -0.2) is 9.37 Å². The number of nitrogens with one attached hydrogen (secondary N) is 3. The molecule has 1 atom stereocenters. The van der Waals surface area contributed by atoms with Crippen LogP contribution in [0.5, 0.6) is 0 Å². The molecule has 1 unspecified atom stereocenters. The van der Waals surface area contributed by atoms with Crippen molar-refractivity contribution in [3.8, 4) is 0 Å². The first kappa shape index (κ1) is 18.0. The van der Waals surface area contributed by atoms with E-state index in [2.05, 4.69) is 15.3 Å². The Kier molecular flexibility index (Phi) is 5.29. The van der Waals surface area contributed by atoms with Crippen molar-refractivity contribution >= 4 is 34.1 Å². The smallest absolute Gasteiger partial charge is 0.279 e. The molecule has 1 heterocycles. The molecule has 8 heteroatoms. The summed E-state index contributed by atoms with van der Waals surface area (Å²) in [6, 6.07) is 10.4. The van der Waals surface area contributed by atoms with Gasteiger partial charge in [0.15, 0.2) is 12.4 Å². The number of quaternary nitrogens is 1. The van der Waals surface area contributed by atoms with Crippen molar-refractivity contribution in [1.29, 1.82) is 0 Å². The molecule has 1 amide bonds. The van der Waals surface area contributed by atoms with E-state index in [1.165, 1.54) is 24.3 Å². The summed E-state index contributed by atoms with van der Waals surface area (Å²) >= 11 is 5.95. The van der Waals surface area contributed by atoms with Gasteiger partial charge in [0.25, 0.3) is 11.5 Å². The van der Waals surface area contributed by atoms with Crippen molar-refractivity contribution < 1.29 is 14.1 Å². The Labute approximate surface area is 153 Å². The summed E-state index contributed by atoms with van der Waals surface area (Å²) in [5.41, 5.74) is 0.793. The molecule has 0 aliphatic heterocycles. The fraction of sp³-hybridized carbons (Fsp3) is 0.167. The fourth-order valence-corrected chi connectivity index (χ4v) is 2.77. The fourth-order valence-electron chi connectivity index (χ4n) is 2.61. The number of aromatic nitrogens is 2. The Morgan fingerprint density at radius 2 is 2.00 bits per heavy atom. The highest BCUT2D eigenvalue weighted by Crippen LogP contribution is 2.14. The lowest BCUT2D eigenvalue weighted by Crippen LogP contribution is -3.08. The minimum atomic E-state index is -0.364. The number of fused-ring (bicyclic) bond motifs is 1. The first-order valence-corrected chi connectivity index (χ1v) is 8.34. The van der Waals surface area contributed by atoms with Crippen LogP contribution in [0.15, 0.2) is 47.3 Å². The zero-order valence-corrected chi connectivity index (χ0v) is 14.7. The Morgan fingerprint density at radius 1 is 1.27 bits per heavy atom. The quantitative estimate of drug-likeness (QED) is 0.630. The number of likely N-dealkylation sites (N-methyl/N-ethyl adjacent to an activating group) is 1. The highest BCUT2D eigenvalue weighted by Gasteiger charge is 2.13. The molecule has 0 spiro atoms. The molecule has 6 nitrogen and oxygen atoms in total. The molecule has 134 valence electrons. The highest BCUT2D eigenvalue weighted by atomic mass is 35.5. The first-order valence-electron chi connectivity index (χ1n) is 7.96. The SMILES string of the molecule is C[NH+](CC(=O)Nc1ccc(F)cc1)Cc1nc2cc(Cl)ccc2c(=O)[nH]1. The second kappa shape index (κ2) is 7.63. The predicted molar refractivity (Wildman–Crippen MR) is 97.9 cm³/mol. The summed E-state index contributed by atoms with van der Waals surface area (Å²) in [7, 11) is 1.81. The molecule has 26 heavy (non-hydrogen) atoms. The molecule has 0 bridgehead atoms. The summed E-state index contributed by atoms with van der Waals surface area (Å²) in [5.74, 6) is -0.116. The predicted octanol–water partition coefficient (Wildman–Crippen LogP) is 1.37. The van der Waals surface area contributed by atoms with Gasteiger partial charge in [0.2, 0.25) is 0 Å². The van der Waals surface area contributed by atoms with Gasteiger partial charge in [-0.15, -0.1) is 0 Å². The van der Waals surface area contributed by atoms with Crippen LogP contribution >= 0.6 is 11.6 Å². The van der Waals surface area contributed by atoms with E-state index >= 15 is 0 Å². The van der Waals surface area contributed by atoms with E-state index in [9.17, 15) is 14.0 Å². The van der Waals surface area contributed by atoms with Crippen LogP contribution in [0.4, 0.5) is 10.1 Å². The molecular formula is C18H17ClFN4O2+. The van der Waals surface area contributed by atoms with Gasteiger partial charge in [0, 0.05) is 10.7 Å². The third-order valence-electron chi connectivity index (χ3n) is 3.78. The third kappa shape index (κ3) is 4.44. The number of aromatic amines is 1. The molecule has 0 fully saturated rings. The average molecular weight is 376 g/mol. The van der Waals surface area contributed by atoms with Gasteiger partial charge < -0.3 is 15.2 Å². The monoisotopic (exact) mass is 375 g/mol. The zero-order chi connectivity index (χ0) is 18.7. The van der Waals surface area contributed by atoms with Crippen molar-refractivity contribution in [3.05, 3.63) is 69.5 Å². The van der Waals surface area contributed by atoms with Crippen molar-refractivity contribution in [2.24, 2.45) is 0 Å². The molecule has 2 aromatic carbocycles. The number of H-pyrrole nitrogens is 1. The number of carbonyl (C=O) groups excluding carboxylic acids is 1. The van der Waals surface area contributed by atoms with Gasteiger partial charge in [-0.3, -0.25) is 9.59 Å². The lowest BCUT2D eigenvalue weighted by molar-refractivity contribution is -0.885. The molecule has 0 aliphatic rings. The van der Waals surface area contributed by atoms with Crippen LogP contribution in [0.1, 0.15) is 5.82 Å². The normalized spacial score (nSPS) is 12.1. The van der Waals surface area contributed by atoms with Crippen molar-refractivity contribution in [2.45, 2.75) is 6.54 Å². The number of rotatable bonds is 5. The van der Waals surface area contributed by atoms with Crippen LogP contribution in [0.3, 0.4) is 0 Å². The average Bonchev–Trinajstić information content (AvgIpc) is 2.56. The van der Waals surface area contributed by atoms with Crippen LogP contribution < -0.4 is 15.8 Å². The van der Waals surface area contributed by atoms with Crippen molar-refractivity contribution in [1.82, 2.24) is 9.97 Å². The number of hydrogen-bond acceptors (Lipinski definition) is 3. The van der Waals surface area contributed by atoms with E-state index in [0.29, 0.717) is 34.0 Å². The van der Waals surface area contributed by atoms with E-state index in [1.54, 1.807) is 18.2 Å². The molecule has 3 N–H and O–H groups in total. The highest BCUT2D eigenvalue weighted by molar-refractivity contribution is 6.31. The van der Waals surface area contributed by atoms with Gasteiger partial charge in [-0.2, -0.15) is 0 Å². The van der Waals surface area contributed by atoms with Gasteiger partial charge in [0.05, 0.1) is 18.0 Å². The van der Waals surface area contributed by atoms with Gasteiger partial charge >= 0.3 is 0 Å². The number of benzene rings is 2. The van der Waals surface area contributed by atoms with Crippen LogP contribution in [0.2, 0.25) is 5.02 Å². The van der Waals surface area contributed by atoms with Gasteiger partial charge in [-0.05, 0) is 42.5 Å². The maximum absolute atomic E-state index is 12.9. The standard InChI is InChI=1S/C18H16ClFN4O2/c1-24(10-17(25)21-13-5-3-12(20)4-6-13)9-16-22-15-8-11(19)2-7-14(15)18(26)23-16/h2-8H,9-10H2,1H3,(H,21,25)(H,22,23,26)/p+1. The summed E-state index contributed by atoms with van der Waals surface area (Å²) in [6.45, 7) is 0.517. The minimum absolute atomic E-state index is 0.161. The van der Waals surface area contributed by atoms with Crippen molar-refractivity contribution in [2.75, 3.05) is 18.9 Å². The molecule has 3 aromatic rings. The maximum atomic E-state index is 12.9. The molecule has 3 rings (SSSR count). The van der Waals surface area contributed by atoms with E-state index < -0.39 is 0 Å². The second-order valence-corrected chi connectivity index (χ2v) is 6.48. The molecule has 1 aromatic heterocycles. The molecular weight excluding hydrogens is 359 g/mol. The number of nitrogens with zero attached hydrogens (tertiary/aromatic N) is 1. The Morgan fingerprint density at radius 3 is 2.73 bits per heavy atom. The summed E-state index contributed by atoms with van der Waals surface area (Å²) in [5, 5.41) is 3.66. The van der Waals surface area contributed by atoms with Crippen LogP contribution in [0, 0.1) is 5.82 Å². The number of carbonyl (C=O) groups is 1. The Hall–Kier alpha value is -2.77. The lowest BCUT2D eigenvalue weighted by Gasteiger charge is -2.13. The number of amides is 1. The van der Waals surface area contributed by atoms with Crippen LogP contribution in [-0.4, -0.2) is 29.5 Å². The second-order valence-electron chi connectivity index (χ2n) is 6.04. The number of hydrogen-bond donors (Lipinski definition) is 3. The van der Waals surface area contributed by atoms with Gasteiger partial charge in [-0.1, -0.05) is 11.6 Å². The molecule has 0 saturated carbocycles. The topological polar surface area (TPSA) is 79.3 Å². The summed E-state index contributed by atoms with van der Waals surface area (Å²) < 4.78 is 12.9. The van der Waals surface area contributed by atoms with E-state index in [1.807, 2.05) is 7.05 Å². The molecule has 0 radical (unpaired) electrons. The van der Waals surface area contributed by atoms with E-state index in [0.717, 1.165) is 4.90 Å². The zero-order valence-electron chi connectivity index (χ0n) is 14.0. The number of halogens is 2. The van der Waals surface area contributed by atoms with Crippen LogP contribution in [-0.2, 0) is 11.3 Å². The van der Waals surface area contributed by atoms with Gasteiger partial charge in [0.1, 0.15) is 12.4 Å². The van der Waals surface area contributed by atoms with E-state index in [-0.39, 0.29) is 23.8 Å². The van der Waals surface area contributed by atoms with E-state index in [4.69, 9.17) is 11.6 Å². The lowest BCUT2D eigenvalue weighted by atomic mass is 10.2. The first-order chi connectivity index (χ1) is 12.4. The summed E-state index contributed by atoms with van der Waals surface area (Å²) in [4.78, 5) is 32.2. The largest absolute Gasteiger partial charge is 0.323 e. The number of anilines is 1. The summed E-state index contributed by atoms with van der Waals surface area (Å²) in [6.07, 6.45) is 0. The minimum Gasteiger partial charge on any atom is -0.323 e. The molecule has 0 aliphatic carbocycles. The molecule has 0 saturated heterocycles. The maximum Gasteiger partial charge on any atom is 0.279 e. The third-order valence-corrected chi connectivity index (χ3v) is 4.01.